The zero-order valence-corrected chi connectivity index (χ0v) is 11.7. The van der Waals surface area contributed by atoms with Crippen molar-refractivity contribution >= 4 is 0 Å². The molecule has 0 aromatic heterocycles. The van der Waals surface area contributed by atoms with E-state index < -0.39 is 0 Å². The first kappa shape index (κ1) is 14.0. The summed E-state index contributed by atoms with van der Waals surface area (Å²) in [6, 6.07) is 0.877. The molecule has 0 aromatic carbocycles. The maximum Gasteiger partial charge on any atom is 0.0132 e. The van der Waals surface area contributed by atoms with Crippen molar-refractivity contribution in [2.75, 3.05) is 45.8 Å². The molecule has 0 aliphatic carbocycles. The minimum atomic E-state index is 0.877. The maximum atomic E-state index is 3.73. The molecule has 0 atom stereocenters. The van der Waals surface area contributed by atoms with Crippen molar-refractivity contribution in [2.24, 2.45) is 0 Å². The molecule has 0 unspecified atom stereocenters. The summed E-state index contributed by atoms with van der Waals surface area (Å²) in [7, 11) is 0. The molecule has 18 heavy (non-hydrogen) atoms. The van der Waals surface area contributed by atoms with Crippen LogP contribution in [0.4, 0.5) is 0 Å². The van der Waals surface area contributed by atoms with Crippen LogP contribution in [0.3, 0.4) is 0 Å². The van der Waals surface area contributed by atoms with Crippen LogP contribution in [0.25, 0.3) is 0 Å². The smallest absolute Gasteiger partial charge is 0.0132 e. The number of piperidine rings is 2. The highest BCUT2D eigenvalue weighted by Gasteiger charge is 2.24. The molecule has 2 fully saturated rings. The zero-order chi connectivity index (χ0) is 12.6. The Kier molecular flexibility index (Phi) is 6.18. The second-order valence-electron chi connectivity index (χ2n) is 5.66. The van der Waals surface area contributed by atoms with Gasteiger partial charge in [0.05, 0.1) is 0 Å². The van der Waals surface area contributed by atoms with Gasteiger partial charge in [-0.2, -0.15) is 0 Å². The Hall–Kier alpha value is -0.380. The zero-order valence-electron chi connectivity index (χ0n) is 11.7. The second-order valence-corrected chi connectivity index (χ2v) is 5.66. The molecule has 0 spiro atoms. The fourth-order valence-electron chi connectivity index (χ4n) is 3.23. The lowest BCUT2D eigenvalue weighted by Crippen LogP contribution is -2.47. The molecule has 0 radical (unpaired) electrons. The molecular formula is C15H29N3. The third-order valence-corrected chi connectivity index (χ3v) is 4.36. The predicted molar refractivity (Wildman–Crippen MR) is 78.0 cm³/mol. The van der Waals surface area contributed by atoms with Gasteiger partial charge >= 0.3 is 0 Å². The summed E-state index contributed by atoms with van der Waals surface area (Å²) in [5, 5.41) is 3.39. The molecule has 1 N–H and O–H groups in total. The van der Waals surface area contributed by atoms with Gasteiger partial charge < -0.3 is 15.1 Å². The van der Waals surface area contributed by atoms with Crippen LogP contribution >= 0.6 is 0 Å². The van der Waals surface area contributed by atoms with E-state index in [-0.39, 0.29) is 0 Å². The van der Waals surface area contributed by atoms with Crippen molar-refractivity contribution in [3.8, 4) is 0 Å². The van der Waals surface area contributed by atoms with E-state index in [2.05, 4.69) is 21.7 Å². The molecule has 3 heteroatoms. The molecule has 2 rings (SSSR count). The van der Waals surface area contributed by atoms with Gasteiger partial charge in [-0.3, -0.25) is 0 Å². The molecule has 2 aliphatic heterocycles. The number of hydrogen-bond donors (Lipinski definition) is 1. The Balaban J connectivity index is 1.60. The Labute approximate surface area is 112 Å². The van der Waals surface area contributed by atoms with Crippen LogP contribution in [0.2, 0.25) is 0 Å². The fourth-order valence-corrected chi connectivity index (χ4v) is 3.23. The van der Waals surface area contributed by atoms with Gasteiger partial charge in [0, 0.05) is 25.7 Å². The highest BCUT2D eigenvalue weighted by atomic mass is 15.2. The molecule has 3 nitrogen and oxygen atoms in total. The van der Waals surface area contributed by atoms with Gasteiger partial charge in [-0.05, 0) is 51.9 Å². The molecule has 0 amide bonds. The number of nitrogens with one attached hydrogen (secondary N) is 1. The van der Waals surface area contributed by atoms with Gasteiger partial charge in [0.25, 0.3) is 0 Å². The molecule has 2 heterocycles. The van der Waals surface area contributed by atoms with E-state index in [1.165, 1.54) is 64.8 Å². The highest BCUT2D eigenvalue weighted by molar-refractivity contribution is 4.81. The molecule has 0 saturated carbocycles. The fraction of sp³-hybridized carbons (Fsp3) is 0.867. The lowest BCUT2D eigenvalue weighted by Gasteiger charge is -2.40. The van der Waals surface area contributed by atoms with E-state index in [1.54, 1.807) is 0 Å². The summed E-state index contributed by atoms with van der Waals surface area (Å²) < 4.78 is 0. The Bertz CT molecular complexity index is 228. The third kappa shape index (κ3) is 4.38. The second kappa shape index (κ2) is 7.93. The van der Waals surface area contributed by atoms with Crippen molar-refractivity contribution in [2.45, 2.75) is 38.1 Å². The van der Waals surface area contributed by atoms with E-state index in [0.29, 0.717) is 0 Å². The van der Waals surface area contributed by atoms with Crippen LogP contribution in [0.5, 0.6) is 0 Å². The predicted octanol–water partition coefficient (Wildman–Crippen LogP) is 1.71. The number of rotatable bonds is 6. The summed E-state index contributed by atoms with van der Waals surface area (Å²) >= 11 is 0. The van der Waals surface area contributed by atoms with E-state index >= 15 is 0 Å². The summed E-state index contributed by atoms with van der Waals surface area (Å²) in [5.41, 5.74) is 0. The summed E-state index contributed by atoms with van der Waals surface area (Å²) in [6.07, 6.45) is 8.98. The number of likely N-dealkylation sites (tertiary alicyclic amines) is 2. The van der Waals surface area contributed by atoms with E-state index in [0.717, 1.165) is 19.1 Å². The van der Waals surface area contributed by atoms with Crippen molar-refractivity contribution in [3.63, 3.8) is 0 Å². The van der Waals surface area contributed by atoms with Crippen LogP contribution in [0.15, 0.2) is 12.7 Å². The third-order valence-electron chi connectivity index (χ3n) is 4.36. The Morgan fingerprint density at radius 3 is 2.44 bits per heavy atom. The van der Waals surface area contributed by atoms with Gasteiger partial charge in [-0.1, -0.05) is 12.5 Å². The van der Waals surface area contributed by atoms with Crippen molar-refractivity contribution in [3.05, 3.63) is 12.7 Å². The van der Waals surface area contributed by atoms with Crippen LogP contribution in [-0.4, -0.2) is 61.7 Å². The summed E-state index contributed by atoms with van der Waals surface area (Å²) in [6.45, 7) is 12.2. The molecule has 0 aromatic rings. The molecular weight excluding hydrogens is 222 g/mol. The minimum absolute atomic E-state index is 0.877. The van der Waals surface area contributed by atoms with E-state index in [4.69, 9.17) is 0 Å². The van der Waals surface area contributed by atoms with Crippen molar-refractivity contribution in [1.82, 2.24) is 15.1 Å². The van der Waals surface area contributed by atoms with Crippen LogP contribution in [0.1, 0.15) is 32.1 Å². The maximum absolute atomic E-state index is 3.73. The van der Waals surface area contributed by atoms with Crippen LogP contribution in [-0.2, 0) is 0 Å². The standard InChI is InChI=1S/C15H29N3/c1-2-8-16-9-14-17-12-6-15(7-13-17)18-10-4-3-5-11-18/h2,15-16H,1,3-14H2. The first-order chi connectivity index (χ1) is 8.90. The molecule has 0 bridgehead atoms. The van der Waals surface area contributed by atoms with Gasteiger partial charge in [-0.25, -0.2) is 0 Å². The lowest BCUT2D eigenvalue weighted by molar-refractivity contribution is 0.0931. The average Bonchev–Trinajstić information content (AvgIpc) is 2.45. The van der Waals surface area contributed by atoms with Crippen LogP contribution in [0, 0.1) is 0 Å². The number of nitrogens with zero attached hydrogens (tertiary/aromatic N) is 2. The van der Waals surface area contributed by atoms with E-state index in [1.807, 2.05) is 6.08 Å². The first-order valence-electron chi connectivity index (χ1n) is 7.68. The molecule has 2 saturated heterocycles. The SMILES string of the molecule is C=CCNCCN1CCC(N2CCCCC2)CC1. The van der Waals surface area contributed by atoms with Gasteiger partial charge in [-0.15, -0.1) is 6.58 Å². The minimum Gasteiger partial charge on any atom is -0.312 e. The van der Waals surface area contributed by atoms with Gasteiger partial charge in [0.15, 0.2) is 0 Å². The molecule has 104 valence electrons. The van der Waals surface area contributed by atoms with Crippen molar-refractivity contribution < 1.29 is 0 Å². The van der Waals surface area contributed by atoms with E-state index in [9.17, 15) is 0 Å². The van der Waals surface area contributed by atoms with Gasteiger partial charge in [0.1, 0.15) is 0 Å². The quantitative estimate of drug-likeness (QED) is 0.573. The first-order valence-corrected chi connectivity index (χ1v) is 7.68. The lowest BCUT2D eigenvalue weighted by atomic mass is 10.00. The summed E-state index contributed by atoms with van der Waals surface area (Å²) in [4.78, 5) is 5.35. The Morgan fingerprint density at radius 2 is 1.78 bits per heavy atom. The van der Waals surface area contributed by atoms with Crippen molar-refractivity contribution in [1.29, 1.82) is 0 Å². The monoisotopic (exact) mass is 251 g/mol. The molecule has 2 aliphatic rings. The van der Waals surface area contributed by atoms with Crippen LogP contribution < -0.4 is 5.32 Å². The largest absolute Gasteiger partial charge is 0.312 e. The normalized spacial score (nSPS) is 24.2. The highest BCUT2D eigenvalue weighted by Crippen LogP contribution is 2.20. The topological polar surface area (TPSA) is 18.5 Å². The number of hydrogen-bond acceptors (Lipinski definition) is 3. The summed E-state index contributed by atoms with van der Waals surface area (Å²) in [5.74, 6) is 0. The average molecular weight is 251 g/mol. The Morgan fingerprint density at radius 1 is 1.06 bits per heavy atom. The van der Waals surface area contributed by atoms with Gasteiger partial charge in [0.2, 0.25) is 0 Å².